The molecule has 2 heterocycles. The quantitative estimate of drug-likeness (QED) is 0.769. The summed E-state index contributed by atoms with van der Waals surface area (Å²) in [5, 5.41) is 0. The second kappa shape index (κ2) is 6.54. The van der Waals surface area contributed by atoms with E-state index < -0.39 is 10.0 Å². The summed E-state index contributed by atoms with van der Waals surface area (Å²) in [5.41, 5.74) is 2.27. The van der Waals surface area contributed by atoms with Crippen LogP contribution in [-0.4, -0.2) is 18.4 Å². The van der Waals surface area contributed by atoms with Crippen LogP contribution in [-0.2, 0) is 10.0 Å². The molecule has 0 fully saturated rings. The van der Waals surface area contributed by atoms with Crippen LogP contribution >= 0.6 is 0 Å². The average Bonchev–Trinajstić information content (AvgIpc) is 3.02. The van der Waals surface area contributed by atoms with Gasteiger partial charge in [-0.3, -0.25) is 4.98 Å². The zero-order valence-electron chi connectivity index (χ0n) is 13.3. The Hall–Kier alpha value is -2.51. The summed E-state index contributed by atoms with van der Waals surface area (Å²) in [7, 11) is -3.62. The number of hydrogen-bond acceptors (Lipinski definition) is 5. The molecule has 0 bridgehead atoms. The fraction of sp³-hybridized carbons (Fsp3) is 0.176. The topological polar surface area (TPSA) is 85.1 Å². The summed E-state index contributed by atoms with van der Waals surface area (Å²) >= 11 is 0. The molecule has 0 aliphatic carbocycles. The number of pyridine rings is 1. The molecule has 1 atom stereocenters. The van der Waals surface area contributed by atoms with Crippen molar-refractivity contribution >= 4 is 10.0 Å². The van der Waals surface area contributed by atoms with Gasteiger partial charge in [-0.15, -0.1) is 0 Å². The number of hydrogen-bond donors (Lipinski definition) is 1. The number of benzene rings is 1. The van der Waals surface area contributed by atoms with Crippen LogP contribution in [0.1, 0.15) is 24.4 Å². The molecule has 0 saturated heterocycles. The van der Waals surface area contributed by atoms with Crippen LogP contribution < -0.4 is 4.72 Å². The van der Waals surface area contributed by atoms with Gasteiger partial charge in [-0.2, -0.15) is 0 Å². The molecule has 0 spiro atoms. The Morgan fingerprint density at radius 1 is 1.17 bits per heavy atom. The highest BCUT2D eigenvalue weighted by molar-refractivity contribution is 7.89. The summed E-state index contributed by atoms with van der Waals surface area (Å²) < 4.78 is 32.8. The van der Waals surface area contributed by atoms with Gasteiger partial charge in [0.05, 0.1) is 4.90 Å². The second-order valence-corrected chi connectivity index (χ2v) is 7.12. The van der Waals surface area contributed by atoms with Crippen molar-refractivity contribution in [3.63, 3.8) is 0 Å². The maximum atomic E-state index is 12.5. The fourth-order valence-corrected chi connectivity index (χ4v) is 3.53. The molecular formula is C17H17N3O3S. The van der Waals surface area contributed by atoms with Gasteiger partial charge in [0.25, 0.3) is 0 Å². The summed E-state index contributed by atoms with van der Waals surface area (Å²) in [6.07, 6.45) is 4.83. The normalized spacial score (nSPS) is 12.9. The highest BCUT2D eigenvalue weighted by Gasteiger charge is 2.18. The summed E-state index contributed by atoms with van der Waals surface area (Å²) in [6.45, 7) is 3.53. The van der Waals surface area contributed by atoms with E-state index in [0.29, 0.717) is 11.6 Å². The average molecular weight is 343 g/mol. The van der Waals surface area contributed by atoms with Crippen molar-refractivity contribution in [1.82, 2.24) is 14.7 Å². The van der Waals surface area contributed by atoms with Crippen molar-refractivity contribution in [3.8, 4) is 11.3 Å². The minimum Gasteiger partial charge on any atom is -0.449 e. The largest absolute Gasteiger partial charge is 0.449 e. The number of oxazole rings is 1. The molecule has 124 valence electrons. The first-order valence-electron chi connectivity index (χ1n) is 7.40. The molecule has 0 amide bonds. The third-order valence-corrected chi connectivity index (χ3v) is 5.15. The zero-order chi connectivity index (χ0) is 17.2. The molecule has 3 rings (SSSR count). The van der Waals surface area contributed by atoms with Crippen molar-refractivity contribution in [2.45, 2.75) is 24.8 Å². The Kier molecular flexibility index (Phi) is 4.46. The molecule has 0 saturated carbocycles. The molecule has 0 aliphatic rings. The number of nitrogens with one attached hydrogen (secondary N) is 1. The van der Waals surface area contributed by atoms with Gasteiger partial charge >= 0.3 is 0 Å². The molecule has 6 nitrogen and oxygen atoms in total. The van der Waals surface area contributed by atoms with Crippen LogP contribution in [0.4, 0.5) is 0 Å². The Morgan fingerprint density at radius 3 is 2.50 bits per heavy atom. The van der Waals surface area contributed by atoms with Crippen molar-refractivity contribution < 1.29 is 12.8 Å². The minimum atomic E-state index is -3.62. The van der Waals surface area contributed by atoms with Gasteiger partial charge in [0.1, 0.15) is 12.0 Å². The smallest absolute Gasteiger partial charge is 0.241 e. The predicted octanol–water partition coefficient (Wildman–Crippen LogP) is 3.08. The zero-order valence-corrected chi connectivity index (χ0v) is 14.1. The Morgan fingerprint density at radius 2 is 1.92 bits per heavy atom. The van der Waals surface area contributed by atoms with Gasteiger partial charge in [-0.05, 0) is 30.7 Å². The van der Waals surface area contributed by atoms with Crippen molar-refractivity contribution in [2.24, 2.45) is 0 Å². The van der Waals surface area contributed by atoms with Crippen molar-refractivity contribution in [1.29, 1.82) is 0 Å². The fourth-order valence-electron chi connectivity index (χ4n) is 2.30. The van der Waals surface area contributed by atoms with E-state index in [9.17, 15) is 8.42 Å². The lowest BCUT2D eigenvalue weighted by Gasteiger charge is -2.14. The van der Waals surface area contributed by atoms with E-state index >= 15 is 0 Å². The van der Waals surface area contributed by atoms with Gasteiger partial charge in [0.2, 0.25) is 10.0 Å². The molecule has 0 unspecified atom stereocenters. The summed E-state index contributed by atoms with van der Waals surface area (Å²) in [6, 6.07) is 9.75. The first kappa shape index (κ1) is 16.4. The first-order chi connectivity index (χ1) is 11.5. The lowest BCUT2D eigenvalue weighted by molar-refractivity contribution is 0.521. The lowest BCUT2D eigenvalue weighted by atomic mass is 10.2. The molecule has 3 aromatic rings. The van der Waals surface area contributed by atoms with Gasteiger partial charge in [-0.1, -0.05) is 18.2 Å². The number of nitrogens with zero attached hydrogens (tertiary/aromatic N) is 2. The molecule has 24 heavy (non-hydrogen) atoms. The van der Waals surface area contributed by atoms with Crippen LogP contribution in [0.3, 0.4) is 0 Å². The predicted molar refractivity (Wildman–Crippen MR) is 89.6 cm³/mol. The number of sulfonamides is 1. The highest BCUT2D eigenvalue weighted by atomic mass is 32.2. The Bertz CT molecular complexity index is 919. The van der Waals surface area contributed by atoms with E-state index in [4.69, 9.17) is 4.42 Å². The monoisotopic (exact) mass is 343 g/mol. The van der Waals surface area contributed by atoms with Crippen LogP contribution in [0.2, 0.25) is 0 Å². The summed E-state index contributed by atoms with van der Waals surface area (Å²) in [4.78, 5) is 8.42. The van der Waals surface area contributed by atoms with E-state index in [1.165, 1.54) is 0 Å². The standard InChI is InChI=1S/C17H17N3O3S/c1-12(15-4-3-9-18-10-15)20-24(21,22)16-7-5-14(6-8-16)17-11-23-13(2)19-17/h3-12,20H,1-2H3/t12-/m0/s1. The lowest BCUT2D eigenvalue weighted by Crippen LogP contribution is -2.26. The molecule has 1 aromatic carbocycles. The Balaban J connectivity index is 1.80. The molecule has 2 aromatic heterocycles. The van der Waals surface area contributed by atoms with Crippen LogP contribution in [0.15, 0.2) is 64.4 Å². The van der Waals surface area contributed by atoms with E-state index in [0.717, 1.165) is 11.1 Å². The first-order valence-corrected chi connectivity index (χ1v) is 8.89. The molecule has 1 N–H and O–H groups in total. The van der Waals surface area contributed by atoms with E-state index in [1.807, 2.05) is 6.07 Å². The van der Waals surface area contributed by atoms with Gasteiger partial charge in [0, 0.05) is 30.9 Å². The SMILES string of the molecule is Cc1nc(-c2ccc(S(=O)(=O)N[C@@H](C)c3cccnc3)cc2)co1. The third-order valence-electron chi connectivity index (χ3n) is 3.60. The Labute approximate surface area is 140 Å². The van der Waals surface area contributed by atoms with Gasteiger partial charge in [-0.25, -0.2) is 18.1 Å². The van der Waals surface area contributed by atoms with Crippen molar-refractivity contribution in [3.05, 3.63) is 66.5 Å². The van der Waals surface area contributed by atoms with Crippen molar-refractivity contribution in [2.75, 3.05) is 0 Å². The van der Waals surface area contributed by atoms with E-state index in [1.54, 1.807) is 62.8 Å². The van der Waals surface area contributed by atoms with Gasteiger partial charge in [0.15, 0.2) is 5.89 Å². The molecule has 0 radical (unpaired) electrons. The molecular weight excluding hydrogens is 326 g/mol. The minimum absolute atomic E-state index is 0.196. The maximum absolute atomic E-state index is 12.5. The summed E-state index contributed by atoms with van der Waals surface area (Å²) in [5.74, 6) is 0.564. The number of aromatic nitrogens is 2. The van der Waals surface area contributed by atoms with E-state index in [-0.39, 0.29) is 10.9 Å². The maximum Gasteiger partial charge on any atom is 0.241 e. The number of rotatable bonds is 5. The van der Waals surface area contributed by atoms with E-state index in [2.05, 4.69) is 14.7 Å². The van der Waals surface area contributed by atoms with Crippen LogP contribution in [0.25, 0.3) is 11.3 Å². The second-order valence-electron chi connectivity index (χ2n) is 5.41. The molecule has 7 heteroatoms. The van der Waals surface area contributed by atoms with Crippen LogP contribution in [0.5, 0.6) is 0 Å². The third kappa shape index (κ3) is 3.52. The highest BCUT2D eigenvalue weighted by Crippen LogP contribution is 2.22. The molecule has 0 aliphatic heterocycles. The van der Waals surface area contributed by atoms with Crippen LogP contribution in [0, 0.1) is 6.92 Å². The van der Waals surface area contributed by atoms with Gasteiger partial charge < -0.3 is 4.42 Å². The number of aryl methyl sites for hydroxylation is 1.